The molecule has 0 N–H and O–H groups in total. The molecule has 0 heterocycles. The van der Waals surface area contributed by atoms with Gasteiger partial charge in [0.2, 0.25) is 0 Å². The first-order valence-electron chi connectivity index (χ1n) is 8.53. The summed E-state index contributed by atoms with van der Waals surface area (Å²) in [6.07, 6.45) is 10.0. The van der Waals surface area contributed by atoms with Crippen LogP contribution < -0.4 is 9.47 Å². The number of aldehydes is 1. The quantitative estimate of drug-likeness (QED) is 0.526. The number of rotatable bonds is 8. The highest BCUT2D eigenvalue weighted by Crippen LogP contribution is 2.38. The molecule has 4 heteroatoms. The molecular weight excluding hydrogens is 302 g/mol. The van der Waals surface area contributed by atoms with Crippen LogP contribution in [0.5, 0.6) is 11.5 Å². The lowest BCUT2D eigenvalue weighted by Crippen LogP contribution is -2.22. The van der Waals surface area contributed by atoms with E-state index in [1.807, 2.05) is 37.3 Å². The Labute approximate surface area is 144 Å². The van der Waals surface area contributed by atoms with Crippen molar-refractivity contribution in [3.63, 3.8) is 0 Å². The van der Waals surface area contributed by atoms with Crippen LogP contribution >= 0.6 is 0 Å². The Balaban J connectivity index is 2.39. The zero-order valence-corrected chi connectivity index (χ0v) is 14.5. The second kappa shape index (κ2) is 8.54. The fraction of sp³-hybridized carbons (Fsp3) is 0.500. The van der Waals surface area contributed by atoms with Gasteiger partial charge in [0.25, 0.3) is 0 Å². The molecule has 4 nitrogen and oxygen atoms in total. The molecule has 0 aliphatic heterocycles. The fourth-order valence-electron chi connectivity index (χ4n) is 3.28. The summed E-state index contributed by atoms with van der Waals surface area (Å²) >= 11 is 0. The van der Waals surface area contributed by atoms with Gasteiger partial charge in [-0.15, -0.1) is 0 Å². The van der Waals surface area contributed by atoms with Crippen molar-refractivity contribution >= 4 is 6.29 Å². The monoisotopic (exact) mass is 327 g/mol. The van der Waals surface area contributed by atoms with Gasteiger partial charge in [0.05, 0.1) is 19.3 Å². The van der Waals surface area contributed by atoms with E-state index in [0.29, 0.717) is 24.3 Å². The van der Waals surface area contributed by atoms with Gasteiger partial charge in [-0.25, -0.2) is 0 Å². The molecule has 0 radical (unpaired) electrons. The highest BCUT2D eigenvalue weighted by atomic mass is 16.5. The maximum absolute atomic E-state index is 10.8. The molecule has 1 atom stereocenters. The van der Waals surface area contributed by atoms with Crippen molar-refractivity contribution in [2.75, 3.05) is 7.11 Å². The van der Waals surface area contributed by atoms with Gasteiger partial charge in [0, 0.05) is 6.42 Å². The average molecular weight is 327 g/mol. The largest absolute Gasteiger partial charge is 0.493 e. The van der Waals surface area contributed by atoms with E-state index in [4.69, 9.17) is 9.47 Å². The number of hydrogen-bond donors (Lipinski definition) is 0. The molecule has 0 amide bonds. The number of carbonyl (C=O) groups is 1. The van der Waals surface area contributed by atoms with Crippen LogP contribution in [-0.2, 0) is 10.2 Å². The van der Waals surface area contributed by atoms with Crippen LogP contribution in [0.1, 0.15) is 51.0 Å². The van der Waals surface area contributed by atoms with Gasteiger partial charge in [0.1, 0.15) is 11.7 Å². The van der Waals surface area contributed by atoms with Crippen molar-refractivity contribution in [3.05, 3.63) is 35.9 Å². The summed E-state index contributed by atoms with van der Waals surface area (Å²) in [5.74, 6) is 1.35. The number of carbonyl (C=O) groups excluding carboxylic acids is 1. The normalized spacial score (nSPS) is 17.4. The highest BCUT2D eigenvalue weighted by molar-refractivity contribution is 5.53. The first kappa shape index (κ1) is 18.1. The van der Waals surface area contributed by atoms with Crippen molar-refractivity contribution < 1.29 is 14.3 Å². The minimum atomic E-state index is -0.824. The maximum Gasteiger partial charge on any atom is 0.161 e. The van der Waals surface area contributed by atoms with E-state index in [0.717, 1.165) is 24.7 Å². The summed E-state index contributed by atoms with van der Waals surface area (Å²) in [7, 11) is 1.62. The van der Waals surface area contributed by atoms with E-state index >= 15 is 0 Å². The summed E-state index contributed by atoms with van der Waals surface area (Å²) < 4.78 is 11.5. The van der Waals surface area contributed by atoms with Gasteiger partial charge < -0.3 is 14.3 Å². The van der Waals surface area contributed by atoms with Crippen LogP contribution in [0, 0.1) is 11.3 Å². The number of benzene rings is 1. The molecule has 1 aliphatic carbocycles. The number of nitriles is 1. The molecule has 128 valence electrons. The summed E-state index contributed by atoms with van der Waals surface area (Å²) in [5, 5.41) is 9.80. The Hall–Kier alpha value is -2.28. The third-order valence-corrected chi connectivity index (χ3v) is 4.58. The SMILES string of the molecule is C/C=C/C(C#N)(CCC=O)c1ccc(OC)c(OC2CCCC2)c1. The Morgan fingerprint density at radius 2 is 2.08 bits per heavy atom. The Kier molecular flexibility index (Phi) is 6.43. The predicted molar refractivity (Wildman–Crippen MR) is 93.3 cm³/mol. The number of hydrogen-bond acceptors (Lipinski definition) is 4. The highest BCUT2D eigenvalue weighted by Gasteiger charge is 2.30. The van der Waals surface area contributed by atoms with Crippen LogP contribution in [-0.4, -0.2) is 19.5 Å². The van der Waals surface area contributed by atoms with E-state index in [1.54, 1.807) is 7.11 Å². The molecule has 2 rings (SSSR count). The molecule has 1 aromatic rings. The van der Waals surface area contributed by atoms with Gasteiger partial charge >= 0.3 is 0 Å². The molecular formula is C20H25NO3. The first-order valence-corrected chi connectivity index (χ1v) is 8.53. The molecule has 1 aromatic carbocycles. The molecule has 0 aromatic heterocycles. The number of allylic oxidation sites excluding steroid dienone is 2. The van der Waals surface area contributed by atoms with E-state index < -0.39 is 5.41 Å². The van der Waals surface area contributed by atoms with Crippen LogP contribution in [0.15, 0.2) is 30.4 Å². The van der Waals surface area contributed by atoms with E-state index in [-0.39, 0.29) is 6.10 Å². The van der Waals surface area contributed by atoms with Crippen molar-refractivity contribution in [2.24, 2.45) is 0 Å². The van der Waals surface area contributed by atoms with Gasteiger partial charge in [-0.05, 0) is 56.7 Å². The van der Waals surface area contributed by atoms with Gasteiger partial charge in [-0.3, -0.25) is 0 Å². The van der Waals surface area contributed by atoms with Crippen LogP contribution in [0.25, 0.3) is 0 Å². The van der Waals surface area contributed by atoms with Crippen molar-refractivity contribution in [1.82, 2.24) is 0 Å². The topological polar surface area (TPSA) is 59.3 Å². The minimum absolute atomic E-state index is 0.210. The second-order valence-corrected chi connectivity index (χ2v) is 6.18. The van der Waals surface area contributed by atoms with E-state index in [1.165, 1.54) is 12.8 Å². The van der Waals surface area contributed by atoms with Crippen LogP contribution in [0.4, 0.5) is 0 Å². The molecule has 1 unspecified atom stereocenters. The lowest BCUT2D eigenvalue weighted by molar-refractivity contribution is -0.108. The van der Waals surface area contributed by atoms with Crippen molar-refractivity contribution in [2.45, 2.75) is 57.0 Å². The summed E-state index contributed by atoms with van der Waals surface area (Å²) in [6.45, 7) is 1.88. The van der Waals surface area contributed by atoms with Crippen molar-refractivity contribution in [1.29, 1.82) is 5.26 Å². The third-order valence-electron chi connectivity index (χ3n) is 4.58. The third kappa shape index (κ3) is 3.97. The average Bonchev–Trinajstić information content (AvgIpc) is 3.12. The molecule has 1 saturated carbocycles. The Morgan fingerprint density at radius 3 is 2.67 bits per heavy atom. The minimum Gasteiger partial charge on any atom is -0.493 e. The lowest BCUT2D eigenvalue weighted by Gasteiger charge is -2.25. The molecule has 0 spiro atoms. The molecule has 1 fully saturated rings. The Morgan fingerprint density at radius 1 is 1.33 bits per heavy atom. The summed E-state index contributed by atoms with van der Waals surface area (Å²) in [4.78, 5) is 10.8. The lowest BCUT2D eigenvalue weighted by atomic mass is 9.77. The maximum atomic E-state index is 10.8. The Bertz CT molecular complexity index is 626. The molecule has 24 heavy (non-hydrogen) atoms. The fourth-order valence-corrected chi connectivity index (χ4v) is 3.28. The summed E-state index contributed by atoms with van der Waals surface area (Å²) in [5.41, 5.74) is 0.00848. The zero-order valence-electron chi connectivity index (χ0n) is 14.5. The van der Waals surface area contributed by atoms with Gasteiger partial charge in [-0.1, -0.05) is 18.2 Å². The smallest absolute Gasteiger partial charge is 0.161 e. The zero-order chi connectivity index (χ0) is 17.4. The van der Waals surface area contributed by atoms with Gasteiger partial charge in [0.15, 0.2) is 11.5 Å². The number of methoxy groups -OCH3 is 1. The van der Waals surface area contributed by atoms with E-state index in [2.05, 4.69) is 6.07 Å². The first-order chi connectivity index (χ1) is 11.7. The van der Waals surface area contributed by atoms with Crippen LogP contribution in [0.3, 0.4) is 0 Å². The molecule has 1 aliphatic rings. The van der Waals surface area contributed by atoms with E-state index in [9.17, 15) is 10.1 Å². The molecule has 0 bridgehead atoms. The van der Waals surface area contributed by atoms with Crippen LogP contribution in [0.2, 0.25) is 0 Å². The second-order valence-electron chi connectivity index (χ2n) is 6.18. The van der Waals surface area contributed by atoms with Gasteiger partial charge in [-0.2, -0.15) is 5.26 Å². The summed E-state index contributed by atoms with van der Waals surface area (Å²) in [6, 6.07) is 8.00. The molecule has 0 saturated heterocycles. The predicted octanol–water partition coefficient (Wildman–Crippen LogP) is 4.33. The number of nitrogens with zero attached hydrogens (tertiary/aromatic N) is 1. The number of ether oxygens (including phenoxy) is 2. The van der Waals surface area contributed by atoms with Crippen molar-refractivity contribution in [3.8, 4) is 17.6 Å². The standard InChI is InChI=1S/C20H25NO3/c1-3-11-20(15-21,12-6-13-22)16-9-10-18(23-2)19(14-16)24-17-7-4-5-8-17/h3,9-11,13-14,17H,4-8,12H2,1-2H3/b11-3+.